The van der Waals surface area contributed by atoms with Crippen LogP contribution in [0.25, 0.3) is 0 Å². The van der Waals surface area contributed by atoms with E-state index in [0.717, 1.165) is 44.3 Å². The van der Waals surface area contributed by atoms with E-state index in [2.05, 4.69) is 34.3 Å². The summed E-state index contributed by atoms with van der Waals surface area (Å²) < 4.78 is 6.06. The number of hydrogen-bond acceptors (Lipinski definition) is 6. The largest absolute Gasteiger partial charge is 0.474 e. The van der Waals surface area contributed by atoms with Gasteiger partial charge in [-0.2, -0.15) is 0 Å². The van der Waals surface area contributed by atoms with Gasteiger partial charge < -0.3 is 15.1 Å². The molecule has 0 bridgehead atoms. The second-order valence-electron chi connectivity index (χ2n) is 5.02. The third-order valence-corrected chi connectivity index (χ3v) is 3.49. The fraction of sp³-hybridized carbons (Fsp3) is 0.692. The number of hydrogen-bond donors (Lipinski definition) is 2. The standard InChI is InChI=1S/C13H23N5O/c1-3-4-11-12(17-14)15-9-16-13(11)19-10-5-7-18(2)8-6-10/h9-10H,3-8,14H2,1-2H3,(H,15,16,17). The lowest BCUT2D eigenvalue weighted by atomic mass is 10.1. The van der Waals surface area contributed by atoms with Crippen molar-refractivity contribution in [1.29, 1.82) is 0 Å². The summed E-state index contributed by atoms with van der Waals surface area (Å²) in [5, 5.41) is 0. The maximum Gasteiger partial charge on any atom is 0.222 e. The van der Waals surface area contributed by atoms with Crippen LogP contribution in [-0.4, -0.2) is 41.1 Å². The van der Waals surface area contributed by atoms with E-state index < -0.39 is 0 Å². The number of hydrazine groups is 1. The van der Waals surface area contributed by atoms with Gasteiger partial charge in [0.25, 0.3) is 0 Å². The molecule has 6 heteroatoms. The zero-order valence-electron chi connectivity index (χ0n) is 11.7. The molecule has 6 nitrogen and oxygen atoms in total. The van der Waals surface area contributed by atoms with Crippen LogP contribution in [0.15, 0.2) is 6.33 Å². The molecule has 0 saturated carbocycles. The molecule has 0 aromatic carbocycles. The number of nitrogens with zero attached hydrogens (tertiary/aromatic N) is 3. The molecule has 1 saturated heterocycles. The van der Waals surface area contributed by atoms with Crippen LogP contribution in [0.1, 0.15) is 31.7 Å². The van der Waals surface area contributed by atoms with Crippen molar-refractivity contribution >= 4 is 5.82 Å². The van der Waals surface area contributed by atoms with Crippen LogP contribution in [0.4, 0.5) is 5.82 Å². The van der Waals surface area contributed by atoms with Crippen LogP contribution < -0.4 is 16.0 Å². The molecule has 2 heterocycles. The second kappa shape index (κ2) is 6.68. The smallest absolute Gasteiger partial charge is 0.222 e. The van der Waals surface area contributed by atoms with Gasteiger partial charge in [0, 0.05) is 13.1 Å². The van der Waals surface area contributed by atoms with E-state index in [1.807, 2.05) is 0 Å². The summed E-state index contributed by atoms with van der Waals surface area (Å²) in [6.45, 7) is 4.26. The Bertz CT molecular complexity index is 404. The summed E-state index contributed by atoms with van der Waals surface area (Å²) in [5.41, 5.74) is 3.60. The summed E-state index contributed by atoms with van der Waals surface area (Å²) in [6.07, 6.45) is 5.69. The first-order valence-corrected chi connectivity index (χ1v) is 6.90. The van der Waals surface area contributed by atoms with E-state index in [0.29, 0.717) is 11.7 Å². The molecule has 1 aliphatic rings. The Kier molecular flexibility index (Phi) is 4.93. The van der Waals surface area contributed by atoms with Crippen LogP contribution in [0.3, 0.4) is 0 Å². The van der Waals surface area contributed by atoms with Crippen molar-refractivity contribution in [3.63, 3.8) is 0 Å². The second-order valence-corrected chi connectivity index (χ2v) is 5.02. The molecule has 1 aromatic rings. The zero-order chi connectivity index (χ0) is 13.7. The topological polar surface area (TPSA) is 76.3 Å². The normalized spacial score (nSPS) is 17.4. The van der Waals surface area contributed by atoms with E-state index in [9.17, 15) is 0 Å². The molecular formula is C13H23N5O. The lowest BCUT2D eigenvalue weighted by molar-refractivity contribution is 0.109. The Morgan fingerprint density at radius 2 is 2.16 bits per heavy atom. The fourth-order valence-corrected chi connectivity index (χ4v) is 2.36. The van der Waals surface area contributed by atoms with E-state index in [1.165, 1.54) is 6.33 Å². The Hall–Kier alpha value is -1.40. The zero-order valence-corrected chi connectivity index (χ0v) is 11.7. The third kappa shape index (κ3) is 3.54. The number of aromatic nitrogens is 2. The lowest BCUT2D eigenvalue weighted by Crippen LogP contribution is -2.36. The summed E-state index contributed by atoms with van der Waals surface area (Å²) in [6, 6.07) is 0. The maximum atomic E-state index is 6.06. The van der Waals surface area contributed by atoms with Crippen molar-refractivity contribution in [3.8, 4) is 5.88 Å². The summed E-state index contributed by atoms with van der Waals surface area (Å²) in [4.78, 5) is 10.7. The highest BCUT2D eigenvalue weighted by atomic mass is 16.5. The van der Waals surface area contributed by atoms with Gasteiger partial charge in [0.2, 0.25) is 5.88 Å². The van der Waals surface area contributed by atoms with Gasteiger partial charge in [0.05, 0.1) is 5.56 Å². The summed E-state index contributed by atoms with van der Waals surface area (Å²) >= 11 is 0. The molecule has 0 atom stereocenters. The van der Waals surface area contributed by atoms with Crippen molar-refractivity contribution in [3.05, 3.63) is 11.9 Å². The highest BCUT2D eigenvalue weighted by Gasteiger charge is 2.21. The first-order valence-electron chi connectivity index (χ1n) is 6.90. The van der Waals surface area contributed by atoms with Crippen molar-refractivity contribution in [2.75, 3.05) is 25.6 Å². The summed E-state index contributed by atoms with van der Waals surface area (Å²) in [7, 11) is 2.14. The number of nitrogens with one attached hydrogen (secondary N) is 1. The average molecular weight is 265 g/mol. The molecule has 0 spiro atoms. The number of rotatable bonds is 5. The quantitative estimate of drug-likeness (QED) is 0.615. The van der Waals surface area contributed by atoms with Crippen LogP contribution in [-0.2, 0) is 6.42 Å². The number of anilines is 1. The van der Waals surface area contributed by atoms with Crippen molar-refractivity contribution in [2.24, 2.45) is 5.84 Å². The molecule has 0 unspecified atom stereocenters. The van der Waals surface area contributed by atoms with E-state index in [4.69, 9.17) is 10.6 Å². The van der Waals surface area contributed by atoms with Gasteiger partial charge in [-0.15, -0.1) is 0 Å². The van der Waals surface area contributed by atoms with Crippen molar-refractivity contribution in [2.45, 2.75) is 38.7 Å². The highest BCUT2D eigenvalue weighted by Crippen LogP contribution is 2.25. The molecule has 1 aliphatic heterocycles. The molecule has 106 valence electrons. The molecule has 0 aliphatic carbocycles. The molecule has 3 N–H and O–H groups in total. The Morgan fingerprint density at radius 3 is 2.79 bits per heavy atom. The van der Waals surface area contributed by atoms with Crippen LogP contribution in [0.2, 0.25) is 0 Å². The predicted octanol–water partition coefficient (Wildman–Crippen LogP) is 1.19. The highest BCUT2D eigenvalue weighted by molar-refractivity contribution is 5.47. The van der Waals surface area contributed by atoms with E-state index in [1.54, 1.807) is 0 Å². The van der Waals surface area contributed by atoms with Gasteiger partial charge in [0.1, 0.15) is 18.2 Å². The number of nitrogens with two attached hydrogens (primary N) is 1. The van der Waals surface area contributed by atoms with Crippen LogP contribution in [0, 0.1) is 0 Å². The molecule has 1 aromatic heterocycles. The molecule has 0 radical (unpaired) electrons. The van der Waals surface area contributed by atoms with E-state index >= 15 is 0 Å². The van der Waals surface area contributed by atoms with Crippen molar-refractivity contribution < 1.29 is 4.74 Å². The third-order valence-electron chi connectivity index (χ3n) is 3.49. The molecule has 19 heavy (non-hydrogen) atoms. The van der Waals surface area contributed by atoms with Gasteiger partial charge in [0.15, 0.2) is 0 Å². The number of piperidine rings is 1. The first kappa shape index (κ1) is 14.0. The SMILES string of the molecule is CCCc1c(NN)ncnc1OC1CCN(C)CC1. The monoisotopic (exact) mass is 265 g/mol. The number of likely N-dealkylation sites (tertiary alicyclic amines) is 1. The van der Waals surface area contributed by atoms with Crippen molar-refractivity contribution in [1.82, 2.24) is 14.9 Å². The molecule has 0 amide bonds. The summed E-state index contributed by atoms with van der Waals surface area (Å²) in [5.74, 6) is 6.85. The van der Waals surface area contributed by atoms with Gasteiger partial charge in [-0.3, -0.25) is 0 Å². The van der Waals surface area contributed by atoms with Gasteiger partial charge in [-0.25, -0.2) is 15.8 Å². The minimum Gasteiger partial charge on any atom is -0.474 e. The average Bonchev–Trinajstić information content (AvgIpc) is 2.43. The molecule has 1 fully saturated rings. The minimum atomic E-state index is 0.243. The predicted molar refractivity (Wildman–Crippen MR) is 75.0 cm³/mol. The van der Waals surface area contributed by atoms with Gasteiger partial charge in [-0.05, 0) is 26.3 Å². The van der Waals surface area contributed by atoms with Gasteiger partial charge in [-0.1, -0.05) is 13.3 Å². The Balaban J connectivity index is 2.10. The Labute approximate surface area is 114 Å². The molecule has 2 rings (SSSR count). The first-order chi connectivity index (χ1) is 9.24. The fourth-order valence-electron chi connectivity index (χ4n) is 2.36. The number of ether oxygens (including phenoxy) is 1. The van der Waals surface area contributed by atoms with Crippen LogP contribution in [0.5, 0.6) is 5.88 Å². The van der Waals surface area contributed by atoms with Gasteiger partial charge >= 0.3 is 0 Å². The van der Waals surface area contributed by atoms with Crippen LogP contribution >= 0.6 is 0 Å². The number of nitrogen functional groups attached to an aromatic ring is 1. The molecular weight excluding hydrogens is 242 g/mol. The maximum absolute atomic E-state index is 6.06. The van der Waals surface area contributed by atoms with E-state index in [-0.39, 0.29) is 6.10 Å². The minimum absolute atomic E-state index is 0.243. The lowest BCUT2D eigenvalue weighted by Gasteiger charge is -2.29. The Morgan fingerprint density at radius 1 is 1.42 bits per heavy atom.